The van der Waals surface area contributed by atoms with Crippen molar-refractivity contribution in [3.8, 4) is 11.4 Å². The first-order valence-corrected chi connectivity index (χ1v) is 9.07. The van der Waals surface area contributed by atoms with Crippen LogP contribution in [-0.2, 0) is 27.1 Å². The normalized spacial score (nSPS) is 15.2. The average Bonchev–Trinajstić information content (AvgIpc) is 3.41. The summed E-state index contributed by atoms with van der Waals surface area (Å²) in [6, 6.07) is 6.30. The Hall–Kier alpha value is -2.75. The Bertz CT molecular complexity index is 876. The lowest BCUT2D eigenvalue weighted by molar-refractivity contribution is -0.184. The molecule has 7 nitrogen and oxygen atoms in total. The molecule has 1 aromatic carbocycles. The highest BCUT2D eigenvalue weighted by Gasteiger charge is 2.38. The maximum atomic E-state index is 12.6. The van der Waals surface area contributed by atoms with Crippen molar-refractivity contribution in [1.29, 1.82) is 0 Å². The van der Waals surface area contributed by atoms with Gasteiger partial charge in [-0.15, -0.1) is 0 Å². The van der Waals surface area contributed by atoms with E-state index in [1.807, 2.05) is 0 Å². The molecule has 1 aromatic heterocycles. The molecule has 0 N–H and O–H groups in total. The van der Waals surface area contributed by atoms with Crippen molar-refractivity contribution in [2.24, 2.45) is 11.8 Å². The first kappa shape index (κ1) is 21.0. The van der Waals surface area contributed by atoms with Crippen LogP contribution in [0.25, 0.3) is 11.4 Å². The summed E-state index contributed by atoms with van der Waals surface area (Å²) in [5.41, 5.74) is 1.02. The first-order valence-electron chi connectivity index (χ1n) is 9.07. The zero-order valence-electron chi connectivity index (χ0n) is 15.9. The number of Topliss-reactive ketones (excluding diaryl/α,β-unsaturated/α-hetero) is 1. The highest BCUT2D eigenvalue weighted by molar-refractivity contribution is 5.88. The highest BCUT2D eigenvalue weighted by atomic mass is 19.4. The molecule has 2 aromatic rings. The molecule has 0 bridgehead atoms. The van der Waals surface area contributed by atoms with Gasteiger partial charge >= 0.3 is 12.1 Å². The molecule has 10 heteroatoms. The van der Waals surface area contributed by atoms with E-state index < -0.39 is 18.0 Å². The molecule has 1 aliphatic carbocycles. The van der Waals surface area contributed by atoms with E-state index in [1.165, 1.54) is 19.2 Å². The lowest BCUT2D eigenvalue weighted by atomic mass is 10.0. The number of hydroxylamine groups is 2. The number of halogens is 3. The highest BCUT2D eigenvalue weighted by Crippen LogP contribution is 2.32. The molecular formula is C19H20F3N3O4. The molecule has 1 atom stereocenters. The largest absolute Gasteiger partial charge is 0.471 e. The SMILES string of the molecule is CON(Cc1ccc(-c2noc(C(F)(F)F)n2)cc1)C(=O)C(C)CC(=O)C1CC1. The van der Waals surface area contributed by atoms with Crippen molar-refractivity contribution in [2.75, 3.05) is 7.11 Å². The number of hydrogen-bond donors (Lipinski definition) is 0. The summed E-state index contributed by atoms with van der Waals surface area (Å²) in [5, 5.41) is 4.49. The van der Waals surface area contributed by atoms with Crippen molar-refractivity contribution in [3.63, 3.8) is 0 Å². The van der Waals surface area contributed by atoms with Crippen LogP contribution in [0.4, 0.5) is 13.2 Å². The van der Waals surface area contributed by atoms with E-state index in [0.29, 0.717) is 11.1 Å². The number of benzene rings is 1. The summed E-state index contributed by atoms with van der Waals surface area (Å²) < 4.78 is 41.9. The van der Waals surface area contributed by atoms with Crippen LogP contribution in [0.2, 0.25) is 0 Å². The monoisotopic (exact) mass is 411 g/mol. The summed E-state index contributed by atoms with van der Waals surface area (Å²) in [4.78, 5) is 33.0. The molecule has 0 radical (unpaired) electrons. The summed E-state index contributed by atoms with van der Waals surface area (Å²) in [5.74, 6) is -2.21. The number of nitrogens with zero attached hydrogens (tertiary/aromatic N) is 3. The molecule has 156 valence electrons. The topological polar surface area (TPSA) is 85.5 Å². The molecule has 0 saturated heterocycles. The molecule has 1 heterocycles. The van der Waals surface area contributed by atoms with Crippen molar-refractivity contribution < 1.29 is 32.1 Å². The lowest BCUT2D eigenvalue weighted by Gasteiger charge is -2.23. The Labute approximate surface area is 164 Å². The maximum absolute atomic E-state index is 12.6. The fourth-order valence-electron chi connectivity index (χ4n) is 2.82. The standard InChI is InChI=1S/C19H20F3N3O4/c1-11(9-15(26)13-7-8-13)17(27)25(28-2)10-12-3-5-14(6-4-12)16-23-18(29-24-16)19(20,21)22/h3-6,11,13H,7-10H2,1-2H3. The molecule has 1 aliphatic rings. The number of ketones is 1. The van der Waals surface area contributed by atoms with Crippen LogP contribution >= 0.6 is 0 Å². The van der Waals surface area contributed by atoms with Crippen LogP contribution in [0.5, 0.6) is 0 Å². The van der Waals surface area contributed by atoms with Gasteiger partial charge in [0.2, 0.25) is 11.7 Å². The Morgan fingerprint density at radius 2 is 1.93 bits per heavy atom. The molecule has 29 heavy (non-hydrogen) atoms. The third-order valence-electron chi connectivity index (χ3n) is 4.63. The fourth-order valence-corrected chi connectivity index (χ4v) is 2.82. The molecule has 0 aliphatic heterocycles. The van der Waals surface area contributed by atoms with Gasteiger partial charge in [-0.25, -0.2) is 5.06 Å². The second kappa shape index (κ2) is 8.32. The van der Waals surface area contributed by atoms with Crippen molar-refractivity contribution in [3.05, 3.63) is 35.7 Å². The Kier molecular flexibility index (Phi) is 6.02. The third-order valence-corrected chi connectivity index (χ3v) is 4.63. The second-order valence-corrected chi connectivity index (χ2v) is 7.02. The molecule has 1 saturated carbocycles. The summed E-state index contributed by atoms with van der Waals surface area (Å²) >= 11 is 0. The van der Waals surface area contributed by atoms with Gasteiger partial charge in [-0.2, -0.15) is 18.2 Å². The van der Waals surface area contributed by atoms with Gasteiger partial charge < -0.3 is 4.52 Å². The van der Waals surface area contributed by atoms with Gasteiger partial charge in [-0.3, -0.25) is 14.4 Å². The Morgan fingerprint density at radius 1 is 1.28 bits per heavy atom. The lowest BCUT2D eigenvalue weighted by Crippen LogP contribution is -2.34. The Morgan fingerprint density at radius 3 is 2.45 bits per heavy atom. The smallest absolute Gasteiger partial charge is 0.329 e. The van der Waals surface area contributed by atoms with Gasteiger partial charge in [0.1, 0.15) is 5.78 Å². The van der Waals surface area contributed by atoms with Crippen LogP contribution < -0.4 is 0 Å². The average molecular weight is 411 g/mol. The Balaban J connectivity index is 1.63. The minimum absolute atomic E-state index is 0.0943. The van der Waals surface area contributed by atoms with Crippen molar-refractivity contribution in [1.82, 2.24) is 15.2 Å². The molecule has 1 fully saturated rings. The minimum atomic E-state index is -4.71. The van der Waals surface area contributed by atoms with Gasteiger partial charge in [0, 0.05) is 23.8 Å². The van der Waals surface area contributed by atoms with Crippen molar-refractivity contribution in [2.45, 2.75) is 38.9 Å². The van der Waals surface area contributed by atoms with E-state index in [9.17, 15) is 22.8 Å². The number of amides is 1. The van der Waals surface area contributed by atoms with E-state index in [4.69, 9.17) is 4.84 Å². The van der Waals surface area contributed by atoms with Crippen LogP contribution in [-0.4, -0.2) is 34.0 Å². The van der Waals surface area contributed by atoms with Gasteiger partial charge in [-0.1, -0.05) is 36.3 Å². The first-order chi connectivity index (χ1) is 13.7. The van der Waals surface area contributed by atoms with Crippen LogP contribution in [0.1, 0.15) is 37.6 Å². The van der Waals surface area contributed by atoms with Gasteiger partial charge in [0.15, 0.2) is 0 Å². The van der Waals surface area contributed by atoms with Crippen molar-refractivity contribution >= 4 is 11.7 Å². The molecule has 0 spiro atoms. The molecule has 3 rings (SSSR count). The zero-order chi connectivity index (χ0) is 21.2. The zero-order valence-corrected chi connectivity index (χ0v) is 15.9. The quantitative estimate of drug-likeness (QED) is 0.617. The number of alkyl halides is 3. The number of carbonyl (C=O) groups is 2. The number of carbonyl (C=O) groups excluding carboxylic acids is 2. The van der Waals surface area contributed by atoms with Gasteiger partial charge in [0.05, 0.1) is 13.7 Å². The molecular weight excluding hydrogens is 391 g/mol. The van der Waals surface area contributed by atoms with Crippen LogP contribution in [0.15, 0.2) is 28.8 Å². The van der Waals surface area contributed by atoms with E-state index in [0.717, 1.165) is 17.9 Å². The number of hydrogen-bond acceptors (Lipinski definition) is 6. The molecule has 1 unspecified atom stereocenters. The number of aromatic nitrogens is 2. The predicted octanol–water partition coefficient (Wildman–Crippen LogP) is 3.65. The van der Waals surface area contributed by atoms with Gasteiger partial charge in [0.25, 0.3) is 0 Å². The fraction of sp³-hybridized carbons (Fsp3) is 0.474. The summed E-state index contributed by atoms with van der Waals surface area (Å²) in [7, 11) is 1.36. The second-order valence-electron chi connectivity index (χ2n) is 7.02. The minimum Gasteiger partial charge on any atom is -0.329 e. The van der Waals surface area contributed by atoms with Crippen LogP contribution in [0, 0.1) is 11.8 Å². The van der Waals surface area contributed by atoms with Crippen LogP contribution in [0.3, 0.4) is 0 Å². The van der Waals surface area contributed by atoms with E-state index in [2.05, 4.69) is 14.7 Å². The van der Waals surface area contributed by atoms with E-state index in [1.54, 1.807) is 19.1 Å². The summed E-state index contributed by atoms with van der Waals surface area (Å²) in [6.07, 6.45) is -2.74. The van der Waals surface area contributed by atoms with Gasteiger partial charge in [-0.05, 0) is 18.4 Å². The number of rotatable bonds is 8. The predicted molar refractivity (Wildman–Crippen MR) is 93.8 cm³/mol. The van der Waals surface area contributed by atoms with E-state index in [-0.39, 0.29) is 36.4 Å². The summed E-state index contributed by atoms with van der Waals surface area (Å²) in [6.45, 7) is 1.81. The third kappa shape index (κ3) is 5.20. The van der Waals surface area contributed by atoms with E-state index >= 15 is 0 Å². The molecule has 1 amide bonds. The maximum Gasteiger partial charge on any atom is 0.471 e.